The van der Waals surface area contributed by atoms with Crippen molar-refractivity contribution in [1.29, 1.82) is 0 Å². The Balaban J connectivity index is 1.98. The molecule has 0 aliphatic heterocycles. The van der Waals surface area contributed by atoms with E-state index in [-0.39, 0.29) is 11.3 Å². The fraction of sp³-hybridized carbons (Fsp3) is 0.444. The van der Waals surface area contributed by atoms with Gasteiger partial charge in [-0.1, -0.05) is 45.0 Å². The molecule has 0 saturated carbocycles. The fourth-order valence-electron chi connectivity index (χ4n) is 2.60. The summed E-state index contributed by atoms with van der Waals surface area (Å²) in [5.41, 5.74) is 9.06. The first-order chi connectivity index (χ1) is 10.8. The molecule has 2 rings (SSSR count). The Morgan fingerprint density at radius 2 is 2.00 bits per heavy atom. The Labute approximate surface area is 142 Å². The van der Waals surface area contributed by atoms with E-state index >= 15 is 0 Å². The number of carbonyl (C=O) groups excluding carboxylic acids is 1. The second-order valence-corrected chi connectivity index (χ2v) is 7.72. The van der Waals surface area contributed by atoms with Crippen LogP contribution < -0.4 is 5.73 Å². The van der Waals surface area contributed by atoms with Gasteiger partial charge >= 0.3 is 0 Å². The summed E-state index contributed by atoms with van der Waals surface area (Å²) in [7, 11) is 1.86. The summed E-state index contributed by atoms with van der Waals surface area (Å²) >= 11 is 1.41. The number of hydrogen-bond acceptors (Lipinski definition) is 4. The van der Waals surface area contributed by atoms with Crippen molar-refractivity contribution in [1.82, 2.24) is 9.88 Å². The molecule has 1 amide bonds. The molecule has 0 unspecified atom stereocenters. The summed E-state index contributed by atoms with van der Waals surface area (Å²) in [4.78, 5) is 18.3. The van der Waals surface area contributed by atoms with E-state index < -0.39 is 0 Å². The van der Waals surface area contributed by atoms with Crippen LogP contribution in [0.5, 0.6) is 0 Å². The fourth-order valence-corrected chi connectivity index (χ4v) is 3.19. The number of anilines is 1. The number of aromatic nitrogens is 1. The summed E-state index contributed by atoms with van der Waals surface area (Å²) in [6, 6.07) is 8.33. The minimum absolute atomic E-state index is 0.0681. The number of nitrogens with two attached hydrogens (primary N) is 1. The molecule has 1 aromatic heterocycles. The van der Waals surface area contributed by atoms with E-state index in [1.54, 1.807) is 4.90 Å². The minimum Gasteiger partial charge on any atom is -0.375 e. The quantitative estimate of drug-likeness (QED) is 0.910. The highest BCUT2D eigenvalue weighted by molar-refractivity contribution is 7.13. The van der Waals surface area contributed by atoms with Gasteiger partial charge in [-0.05, 0) is 23.0 Å². The monoisotopic (exact) mass is 331 g/mol. The van der Waals surface area contributed by atoms with Gasteiger partial charge in [0.15, 0.2) is 5.13 Å². The van der Waals surface area contributed by atoms with Crippen molar-refractivity contribution in [2.24, 2.45) is 0 Å². The highest BCUT2D eigenvalue weighted by Gasteiger charge is 2.19. The molecule has 0 bridgehead atoms. The number of aryl methyl sites for hydroxylation is 1. The van der Waals surface area contributed by atoms with E-state index in [2.05, 4.69) is 44.0 Å². The lowest BCUT2D eigenvalue weighted by Gasteiger charge is -2.25. The molecule has 0 spiro atoms. The average molecular weight is 331 g/mol. The van der Waals surface area contributed by atoms with E-state index in [4.69, 9.17) is 5.73 Å². The van der Waals surface area contributed by atoms with E-state index in [0.717, 1.165) is 5.69 Å². The Morgan fingerprint density at radius 3 is 2.61 bits per heavy atom. The van der Waals surface area contributed by atoms with Crippen LogP contribution in [0, 0.1) is 0 Å². The van der Waals surface area contributed by atoms with Crippen molar-refractivity contribution in [3.05, 3.63) is 46.5 Å². The van der Waals surface area contributed by atoms with Crippen LogP contribution in [0.4, 0.5) is 5.13 Å². The third-order valence-electron chi connectivity index (χ3n) is 3.82. The van der Waals surface area contributed by atoms with Crippen LogP contribution >= 0.6 is 11.3 Å². The van der Waals surface area contributed by atoms with Gasteiger partial charge in [0.25, 0.3) is 0 Å². The maximum atomic E-state index is 12.4. The van der Waals surface area contributed by atoms with Gasteiger partial charge in [-0.3, -0.25) is 4.79 Å². The number of carbonyl (C=O) groups is 1. The van der Waals surface area contributed by atoms with Crippen LogP contribution in [0.15, 0.2) is 29.6 Å². The van der Waals surface area contributed by atoms with Crippen LogP contribution in [-0.2, 0) is 23.2 Å². The normalized spacial score (nSPS) is 11.5. The van der Waals surface area contributed by atoms with Crippen LogP contribution in [0.3, 0.4) is 0 Å². The van der Waals surface area contributed by atoms with Crippen LogP contribution in [0.2, 0.25) is 0 Å². The lowest BCUT2D eigenvalue weighted by molar-refractivity contribution is -0.130. The molecule has 124 valence electrons. The molecule has 2 aromatic rings. The predicted octanol–water partition coefficient (Wildman–Crippen LogP) is 3.61. The summed E-state index contributed by atoms with van der Waals surface area (Å²) in [5.74, 6) is 0.125. The van der Waals surface area contributed by atoms with Crippen LogP contribution in [-0.4, -0.2) is 22.8 Å². The largest absolute Gasteiger partial charge is 0.375 e. The molecule has 1 heterocycles. The van der Waals surface area contributed by atoms with Gasteiger partial charge in [0, 0.05) is 25.4 Å². The Morgan fingerprint density at radius 1 is 1.30 bits per heavy atom. The third-order valence-corrected chi connectivity index (χ3v) is 4.55. The molecular weight excluding hydrogens is 306 g/mol. The van der Waals surface area contributed by atoms with Crippen molar-refractivity contribution >= 4 is 22.4 Å². The second kappa shape index (κ2) is 7.13. The summed E-state index contributed by atoms with van der Waals surface area (Å²) < 4.78 is 0. The van der Waals surface area contributed by atoms with Gasteiger partial charge in [-0.25, -0.2) is 4.98 Å². The standard InChI is InChI=1S/C18H25N3OS/c1-18(2,3)15-8-6-5-7-13(15)11-21(4)16(22)10-9-14-12-23-17(19)20-14/h5-8,12H,9-11H2,1-4H3,(H2,19,20). The average Bonchev–Trinajstić information content (AvgIpc) is 2.89. The summed E-state index contributed by atoms with van der Waals surface area (Å²) in [6.45, 7) is 7.21. The van der Waals surface area contributed by atoms with E-state index in [0.29, 0.717) is 24.5 Å². The van der Waals surface area contributed by atoms with Crippen LogP contribution in [0.25, 0.3) is 0 Å². The summed E-state index contributed by atoms with van der Waals surface area (Å²) in [6.07, 6.45) is 1.09. The van der Waals surface area contributed by atoms with Gasteiger partial charge in [0.2, 0.25) is 5.91 Å². The Kier molecular flexibility index (Phi) is 5.42. The zero-order valence-corrected chi connectivity index (χ0v) is 15.1. The molecule has 23 heavy (non-hydrogen) atoms. The molecular formula is C18H25N3OS. The SMILES string of the molecule is CN(Cc1ccccc1C(C)(C)C)C(=O)CCc1csc(N)n1. The number of thiazole rings is 1. The first kappa shape index (κ1) is 17.5. The Hall–Kier alpha value is -1.88. The number of hydrogen-bond donors (Lipinski definition) is 1. The van der Waals surface area contributed by atoms with Gasteiger partial charge in [-0.15, -0.1) is 11.3 Å². The molecule has 0 aliphatic carbocycles. The van der Waals surface area contributed by atoms with E-state index in [9.17, 15) is 4.79 Å². The van der Waals surface area contributed by atoms with Crippen molar-refractivity contribution in [3.63, 3.8) is 0 Å². The van der Waals surface area contributed by atoms with Crippen LogP contribution in [0.1, 0.15) is 44.0 Å². The van der Waals surface area contributed by atoms with Gasteiger partial charge in [0.1, 0.15) is 0 Å². The molecule has 0 saturated heterocycles. The second-order valence-electron chi connectivity index (χ2n) is 6.83. The minimum atomic E-state index is 0.0681. The van der Waals surface area contributed by atoms with E-state index in [1.165, 1.54) is 22.5 Å². The summed E-state index contributed by atoms with van der Waals surface area (Å²) in [5, 5.41) is 2.47. The van der Waals surface area contributed by atoms with Gasteiger partial charge in [-0.2, -0.15) is 0 Å². The first-order valence-electron chi connectivity index (χ1n) is 7.79. The highest BCUT2D eigenvalue weighted by atomic mass is 32.1. The zero-order chi connectivity index (χ0) is 17.0. The number of rotatable bonds is 5. The van der Waals surface area contributed by atoms with E-state index in [1.807, 2.05) is 18.5 Å². The molecule has 0 aliphatic rings. The van der Waals surface area contributed by atoms with Crippen molar-refractivity contribution in [2.45, 2.75) is 45.6 Å². The smallest absolute Gasteiger partial charge is 0.223 e. The first-order valence-corrected chi connectivity index (χ1v) is 8.67. The lowest BCUT2D eigenvalue weighted by Crippen LogP contribution is -2.28. The molecule has 0 radical (unpaired) electrons. The van der Waals surface area contributed by atoms with Gasteiger partial charge < -0.3 is 10.6 Å². The molecule has 5 heteroatoms. The number of benzene rings is 1. The maximum Gasteiger partial charge on any atom is 0.223 e. The predicted molar refractivity (Wildman–Crippen MR) is 96.5 cm³/mol. The number of nitrogen functional groups attached to an aromatic ring is 1. The third kappa shape index (κ3) is 4.79. The van der Waals surface area contributed by atoms with Crippen molar-refractivity contribution < 1.29 is 4.79 Å². The highest BCUT2D eigenvalue weighted by Crippen LogP contribution is 2.26. The number of amides is 1. The Bertz CT molecular complexity index is 673. The van der Waals surface area contributed by atoms with Crippen molar-refractivity contribution in [3.8, 4) is 0 Å². The molecule has 1 aromatic carbocycles. The van der Waals surface area contributed by atoms with Gasteiger partial charge in [0.05, 0.1) is 5.69 Å². The topological polar surface area (TPSA) is 59.2 Å². The number of nitrogens with zero attached hydrogens (tertiary/aromatic N) is 2. The molecule has 0 atom stereocenters. The zero-order valence-electron chi connectivity index (χ0n) is 14.3. The molecule has 2 N–H and O–H groups in total. The molecule has 4 nitrogen and oxygen atoms in total. The lowest BCUT2D eigenvalue weighted by atomic mass is 9.83. The van der Waals surface area contributed by atoms with Crippen molar-refractivity contribution in [2.75, 3.05) is 12.8 Å². The molecule has 0 fully saturated rings. The maximum absolute atomic E-state index is 12.4.